The largest absolute Gasteiger partial charge is 0.456 e. The molecular formula is C39H35NO. The first-order valence-corrected chi connectivity index (χ1v) is 15.0. The fraction of sp³-hybridized carbons (Fsp3) is 0.231. The van der Waals surface area contributed by atoms with Crippen molar-refractivity contribution >= 4 is 27.6 Å². The highest BCUT2D eigenvalue weighted by atomic mass is 16.3. The second-order valence-electron chi connectivity index (χ2n) is 12.4. The summed E-state index contributed by atoms with van der Waals surface area (Å²) >= 11 is 0. The summed E-state index contributed by atoms with van der Waals surface area (Å²) in [7, 11) is 0. The molecule has 0 fully saturated rings. The van der Waals surface area contributed by atoms with Gasteiger partial charge < -0.3 is 9.32 Å². The predicted octanol–water partition coefficient (Wildman–Crippen LogP) is 10.4. The third kappa shape index (κ3) is 3.92. The highest BCUT2D eigenvalue weighted by Gasteiger charge is 2.45. The number of para-hydroxylation sites is 1. The lowest BCUT2D eigenvalue weighted by Crippen LogP contribution is -2.29. The maximum atomic E-state index is 6.35. The summed E-state index contributed by atoms with van der Waals surface area (Å²) in [5, 5.41) is 2.34. The Hall–Kier alpha value is -4.30. The van der Waals surface area contributed by atoms with Gasteiger partial charge in [0.1, 0.15) is 11.2 Å². The molecule has 1 heterocycles. The van der Waals surface area contributed by atoms with Gasteiger partial charge in [-0.1, -0.05) is 92.8 Å². The number of rotatable bonds is 4. The maximum absolute atomic E-state index is 6.35. The van der Waals surface area contributed by atoms with E-state index < -0.39 is 0 Å². The van der Waals surface area contributed by atoms with Crippen molar-refractivity contribution in [3.63, 3.8) is 0 Å². The molecule has 0 spiro atoms. The molecule has 202 valence electrons. The Morgan fingerprint density at radius 2 is 1.63 bits per heavy atom. The lowest BCUT2D eigenvalue weighted by Gasteiger charge is -2.36. The van der Waals surface area contributed by atoms with Crippen molar-refractivity contribution in [2.45, 2.75) is 50.9 Å². The van der Waals surface area contributed by atoms with Crippen molar-refractivity contribution in [3.05, 3.63) is 149 Å². The molecule has 2 heteroatoms. The van der Waals surface area contributed by atoms with E-state index >= 15 is 0 Å². The van der Waals surface area contributed by atoms with Gasteiger partial charge >= 0.3 is 0 Å². The second kappa shape index (κ2) is 9.38. The number of allylic oxidation sites excluding steroid dienone is 11. The zero-order valence-corrected chi connectivity index (χ0v) is 23.8. The van der Waals surface area contributed by atoms with Gasteiger partial charge in [0, 0.05) is 39.8 Å². The molecule has 3 aromatic carbocycles. The first-order valence-electron chi connectivity index (χ1n) is 15.0. The van der Waals surface area contributed by atoms with Crippen molar-refractivity contribution in [1.29, 1.82) is 0 Å². The fourth-order valence-electron chi connectivity index (χ4n) is 7.61. The first kappa shape index (κ1) is 24.5. The Balaban J connectivity index is 1.25. The normalized spacial score (nSPS) is 22.6. The van der Waals surface area contributed by atoms with Crippen molar-refractivity contribution in [2.75, 3.05) is 4.90 Å². The van der Waals surface area contributed by atoms with Gasteiger partial charge in [-0.2, -0.15) is 0 Å². The minimum absolute atomic E-state index is 0.0701. The average Bonchev–Trinajstić information content (AvgIpc) is 3.50. The van der Waals surface area contributed by atoms with Gasteiger partial charge in [0.15, 0.2) is 0 Å². The third-order valence-electron chi connectivity index (χ3n) is 9.78. The summed E-state index contributed by atoms with van der Waals surface area (Å²) < 4.78 is 6.35. The monoisotopic (exact) mass is 533 g/mol. The van der Waals surface area contributed by atoms with Gasteiger partial charge in [-0.3, -0.25) is 0 Å². The Morgan fingerprint density at radius 1 is 0.805 bits per heavy atom. The smallest absolute Gasteiger partial charge is 0.137 e. The lowest BCUT2D eigenvalue weighted by atomic mass is 9.74. The molecule has 4 aromatic rings. The van der Waals surface area contributed by atoms with Crippen LogP contribution in [-0.4, -0.2) is 0 Å². The predicted molar refractivity (Wildman–Crippen MR) is 171 cm³/mol. The van der Waals surface area contributed by atoms with Crippen molar-refractivity contribution in [3.8, 4) is 0 Å². The number of nitrogens with zero attached hydrogens (tertiary/aromatic N) is 1. The molecule has 2 nitrogen and oxygen atoms in total. The van der Waals surface area contributed by atoms with Crippen LogP contribution in [0.2, 0.25) is 0 Å². The third-order valence-corrected chi connectivity index (χ3v) is 9.78. The Labute approximate surface area is 242 Å². The number of anilines is 1. The van der Waals surface area contributed by atoms with E-state index in [9.17, 15) is 0 Å². The summed E-state index contributed by atoms with van der Waals surface area (Å²) in [5.74, 6) is 0.828. The highest BCUT2D eigenvalue weighted by molar-refractivity contribution is 6.05. The summed E-state index contributed by atoms with van der Waals surface area (Å²) in [6.45, 7) is 4.83. The molecule has 4 aliphatic carbocycles. The number of furan rings is 1. The van der Waals surface area contributed by atoms with Gasteiger partial charge in [-0.15, -0.1) is 0 Å². The molecule has 1 aromatic heterocycles. The highest BCUT2D eigenvalue weighted by Crippen LogP contribution is 2.54. The molecule has 0 N–H and O–H groups in total. The van der Waals surface area contributed by atoms with E-state index in [-0.39, 0.29) is 5.41 Å². The summed E-state index contributed by atoms with van der Waals surface area (Å²) in [6, 6.07) is 24.1. The van der Waals surface area contributed by atoms with E-state index in [4.69, 9.17) is 4.42 Å². The van der Waals surface area contributed by atoms with Gasteiger partial charge in [0.25, 0.3) is 0 Å². The molecular weight excluding hydrogens is 498 g/mol. The minimum Gasteiger partial charge on any atom is -0.456 e. The fourth-order valence-corrected chi connectivity index (χ4v) is 7.61. The van der Waals surface area contributed by atoms with Crippen LogP contribution >= 0.6 is 0 Å². The van der Waals surface area contributed by atoms with Gasteiger partial charge in [-0.25, -0.2) is 0 Å². The Kier molecular flexibility index (Phi) is 5.60. The molecule has 4 aliphatic rings. The van der Waals surface area contributed by atoms with Gasteiger partial charge in [0.05, 0.1) is 0 Å². The van der Waals surface area contributed by atoms with E-state index in [1.54, 1.807) is 0 Å². The topological polar surface area (TPSA) is 16.4 Å². The molecule has 0 amide bonds. The van der Waals surface area contributed by atoms with Crippen molar-refractivity contribution in [1.82, 2.24) is 0 Å². The number of hydrogen-bond donors (Lipinski definition) is 0. The molecule has 41 heavy (non-hydrogen) atoms. The average molecular weight is 534 g/mol. The van der Waals surface area contributed by atoms with Crippen LogP contribution in [-0.2, 0) is 5.41 Å². The van der Waals surface area contributed by atoms with E-state index in [1.165, 1.54) is 44.4 Å². The molecule has 0 aliphatic heterocycles. The quantitative estimate of drug-likeness (QED) is 0.259. The molecule has 0 saturated carbocycles. The van der Waals surface area contributed by atoms with E-state index in [0.29, 0.717) is 11.8 Å². The summed E-state index contributed by atoms with van der Waals surface area (Å²) in [4.78, 5) is 2.49. The minimum atomic E-state index is 0.0701. The van der Waals surface area contributed by atoms with Crippen LogP contribution in [0.1, 0.15) is 56.6 Å². The molecule has 2 atom stereocenters. The first-order chi connectivity index (χ1) is 20.1. The van der Waals surface area contributed by atoms with Crippen molar-refractivity contribution < 1.29 is 4.42 Å². The standard InChI is InChI=1S/C39H35NO/c1-39(2)35-14-8-6-12-31(35)32-22-20-29(24-36(32)39)40(28-18-16-27(17-19-28)26-10-4-3-5-11-26)30-21-23-34-33-13-7-9-15-37(33)41-38(34)25-30/h3-4,6-10,12-16,18,20-25,32,36H,5,11,17,19H2,1-2H3. The zero-order valence-electron chi connectivity index (χ0n) is 23.8. The summed E-state index contributed by atoms with van der Waals surface area (Å²) in [5.41, 5.74) is 11.6. The zero-order chi connectivity index (χ0) is 27.6. The van der Waals surface area contributed by atoms with Crippen LogP contribution in [0, 0.1) is 5.92 Å². The van der Waals surface area contributed by atoms with Crippen LogP contribution in [0.25, 0.3) is 21.9 Å². The maximum Gasteiger partial charge on any atom is 0.137 e. The molecule has 0 saturated heterocycles. The van der Waals surface area contributed by atoms with E-state index in [2.05, 4.69) is 128 Å². The molecule has 8 rings (SSSR count). The van der Waals surface area contributed by atoms with Crippen LogP contribution in [0.5, 0.6) is 0 Å². The van der Waals surface area contributed by atoms with Crippen LogP contribution < -0.4 is 4.90 Å². The van der Waals surface area contributed by atoms with Gasteiger partial charge in [-0.05, 0) is 89.6 Å². The van der Waals surface area contributed by atoms with Gasteiger partial charge in [0.2, 0.25) is 0 Å². The van der Waals surface area contributed by atoms with Crippen LogP contribution in [0.3, 0.4) is 0 Å². The summed E-state index contributed by atoms with van der Waals surface area (Å²) in [6.07, 6.45) is 23.2. The molecule has 0 bridgehead atoms. The number of hydrogen-bond acceptors (Lipinski definition) is 2. The molecule has 2 unspecified atom stereocenters. The number of fused-ring (bicyclic) bond motifs is 6. The van der Waals surface area contributed by atoms with Crippen LogP contribution in [0.15, 0.2) is 142 Å². The van der Waals surface area contributed by atoms with E-state index in [1.807, 2.05) is 6.07 Å². The second-order valence-corrected chi connectivity index (χ2v) is 12.4. The number of benzene rings is 3. The lowest BCUT2D eigenvalue weighted by molar-refractivity contribution is 0.392. The SMILES string of the molecule is CC1(C)c2ccccc2C2C=CC(N(C3=CC=C(C4=CC=CCC4)CC3)c3ccc4c(c3)oc3ccccc34)=CC21. The molecule has 0 radical (unpaired) electrons. The Morgan fingerprint density at radius 3 is 2.49 bits per heavy atom. The Bertz CT molecular complexity index is 1880. The van der Waals surface area contributed by atoms with Crippen molar-refractivity contribution in [2.24, 2.45) is 5.92 Å². The van der Waals surface area contributed by atoms with E-state index in [0.717, 1.165) is 42.5 Å². The van der Waals surface area contributed by atoms with Crippen LogP contribution in [0.4, 0.5) is 5.69 Å².